The summed E-state index contributed by atoms with van der Waals surface area (Å²) in [6.07, 6.45) is 1.80. The molecule has 0 aliphatic carbocycles. The topological polar surface area (TPSA) is 61.5 Å². The molecule has 1 aliphatic heterocycles. The molecule has 1 aromatic carbocycles. The van der Waals surface area contributed by atoms with Crippen LogP contribution in [0.1, 0.15) is 29.8 Å². The van der Waals surface area contributed by atoms with Crippen molar-refractivity contribution >= 4 is 16.9 Å². The van der Waals surface area contributed by atoms with Gasteiger partial charge in [0.05, 0.1) is 7.11 Å². The Labute approximate surface area is 169 Å². The first-order chi connectivity index (χ1) is 14.0. The van der Waals surface area contributed by atoms with Crippen molar-refractivity contribution in [2.75, 3.05) is 20.2 Å². The van der Waals surface area contributed by atoms with E-state index in [0.29, 0.717) is 23.6 Å². The molecule has 2 aromatic heterocycles. The van der Waals surface area contributed by atoms with E-state index in [1.807, 2.05) is 29.2 Å². The molecule has 152 valence electrons. The fourth-order valence-corrected chi connectivity index (χ4v) is 3.95. The number of ether oxygens (including phenoxy) is 1. The van der Waals surface area contributed by atoms with E-state index in [0.717, 1.165) is 24.0 Å². The molecule has 7 heteroatoms. The number of methoxy groups -OCH3 is 1. The molecule has 2 atom stereocenters. The molecule has 6 nitrogen and oxygen atoms in total. The highest BCUT2D eigenvalue weighted by atomic mass is 19.1. The fourth-order valence-electron chi connectivity index (χ4n) is 3.95. The maximum Gasteiger partial charge on any atom is 0.259 e. The lowest BCUT2D eigenvalue weighted by atomic mass is 10.0. The Hall–Kier alpha value is -2.93. The third kappa shape index (κ3) is 3.82. The normalized spacial score (nSPS) is 20.2. The van der Waals surface area contributed by atoms with Crippen LogP contribution in [0.15, 0.2) is 42.6 Å². The van der Waals surface area contributed by atoms with Crippen molar-refractivity contribution in [3.05, 3.63) is 59.5 Å². The summed E-state index contributed by atoms with van der Waals surface area (Å²) in [6, 6.07) is 10.5. The first-order valence-corrected chi connectivity index (χ1v) is 9.78. The lowest BCUT2D eigenvalue weighted by molar-refractivity contribution is 0.0288. The number of halogens is 1. The number of hydrogen-bond acceptors (Lipinski definition) is 4. The average molecular weight is 396 g/mol. The Bertz CT molecular complexity index is 1020. The van der Waals surface area contributed by atoms with Gasteiger partial charge in [0.25, 0.3) is 5.91 Å². The Balaban J connectivity index is 1.53. The van der Waals surface area contributed by atoms with E-state index in [9.17, 15) is 9.18 Å². The number of rotatable bonds is 4. The molecule has 1 amide bonds. The van der Waals surface area contributed by atoms with Gasteiger partial charge < -0.3 is 14.6 Å². The van der Waals surface area contributed by atoms with E-state index in [1.165, 1.54) is 19.2 Å². The molecule has 1 N–H and O–H groups in total. The number of nitrogens with one attached hydrogen (secondary N) is 1. The van der Waals surface area contributed by atoms with Gasteiger partial charge in [-0.05, 0) is 43.7 Å². The zero-order valence-corrected chi connectivity index (χ0v) is 16.9. The molecule has 0 bridgehead atoms. The Morgan fingerprint density at radius 3 is 2.69 bits per heavy atom. The van der Waals surface area contributed by atoms with Crippen molar-refractivity contribution in [3.8, 4) is 5.88 Å². The number of carbonyl (C=O) groups excluding carboxylic acids is 1. The second-order valence-corrected chi connectivity index (χ2v) is 7.67. The van der Waals surface area contributed by atoms with Gasteiger partial charge in [0.15, 0.2) is 0 Å². The van der Waals surface area contributed by atoms with Crippen LogP contribution in [0, 0.1) is 5.82 Å². The lowest BCUT2D eigenvalue weighted by Gasteiger charge is -2.44. The highest BCUT2D eigenvalue weighted by Gasteiger charge is 2.33. The molecule has 0 saturated carbocycles. The summed E-state index contributed by atoms with van der Waals surface area (Å²) in [4.78, 5) is 25.0. The van der Waals surface area contributed by atoms with Crippen LogP contribution >= 0.6 is 0 Å². The molecule has 3 heterocycles. The van der Waals surface area contributed by atoms with Crippen LogP contribution in [-0.2, 0) is 6.54 Å². The van der Waals surface area contributed by atoms with Crippen molar-refractivity contribution < 1.29 is 13.9 Å². The molecule has 0 spiro atoms. The molecular formula is C22H25FN4O2. The standard InChI is InChI=1S/C22H25FN4O2/c1-14-12-27(15(2)11-26(14)13-16-4-6-18(23)7-5-16)22(28)19-10-17-8-9-24-20(17)25-21(19)29-3/h4-10,14-15H,11-13H2,1-3H3,(H,24,25)/t14-,15?/m0/s1. The number of benzene rings is 1. The Kier molecular flexibility index (Phi) is 5.24. The van der Waals surface area contributed by atoms with E-state index in [2.05, 4.69) is 28.7 Å². The summed E-state index contributed by atoms with van der Waals surface area (Å²) in [5.74, 6) is 0.0318. The lowest BCUT2D eigenvalue weighted by Crippen LogP contribution is -2.57. The molecule has 1 aliphatic rings. The second-order valence-electron chi connectivity index (χ2n) is 7.67. The maximum absolute atomic E-state index is 13.3. The number of pyridine rings is 1. The molecule has 1 saturated heterocycles. The summed E-state index contributed by atoms with van der Waals surface area (Å²) in [5.41, 5.74) is 2.24. The molecule has 4 rings (SSSR count). The zero-order chi connectivity index (χ0) is 20.5. The van der Waals surface area contributed by atoms with Crippen molar-refractivity contribution in [1.29, 1.82) is 0 Å². The van der Waals surface area contributed by atoms with Gasteiger partial charge in [-0.15, -0.1) is 0 Å². The predicted octanol–water partition coefficient (Wildman–Crippen LogP) is 3.45. The SMILES string of the molecule is COc1nc2[nH]ccc2cc1C(=O)N1C[C@H](C)N(Cc2ccc(F)cc2)CC1C. The Morgan fingerprint density at radius 1 is 1.21 bits per heavy atom. The van der Waals surface area contributed by atoms with Gasteiger partial charge in [0.1, 0.15) is 17.0 Å². The average Bonchev–Trinajstić information content (AvgIpc) is 3.18. The van der Waals surface area contributed by atoms with Crippen LogP contribution in [-0.4, -0.2) is 58.0 Å². The van der Waals surface area contributed by atoms with E-state index >= 15 is 0 Å². The quantitative estimate of drug-likeness (QED) is 0.734. The predicted molar refractivity (Wildman–Crippen MR) is 109 cm³/mol. The number of H-pyrrole nitrogens is 1. The van der Waals surface area contributed by atoms with Gasteiger partial charge in [0, 0.05) is 43.3 Å². The summed E-state index contributed by atoms with van der Waals surface area (Å²) in [6.45, 7) is 6.24. The summed E-state index contributed by atoms with van der Waals surface area (Å²) in [7, 11) is 1.53. The minimum atomic E-state index is -0.229. The second kappa shape index (κ2) is 7.83. The molecule has 3 aromatic rings. The van der Waals surface area contributed by atoms with Gasteiger partial charge in [-0.2, -0.15) is 4.98 Å². The summed E-state index contributed by atoms with van der Waals surface area (Å²) < 4.78 is 18.6. The van der Waals surface area contributed by atoms with E-state index in [-0.39, 0.29) is 23.8 Å². The highest BCUT2D eigenvalue weighted by Crippen LogP contribution is 2.26. The first kappa shape index (κ1) is 19.4. The third-order valence-corrected chi connectivity index (χ3v) is 5.60. The number of piperazine rings is 1. The van der Waals surface area contributed by atoms with Crippen molar-refractivity contribution in [2.24, 2.45) is 0 Å². The number of amides is 1. The van der Waals surface area contributed by atoms with Gasteiger partial charge >= 0.3 is 0 Å². The number of hydrogen-bond donors (Lipinski definition) is 1. The van der Waals surface area contributed by atoms with Crippen LogP contribution in [0.2, 0.25) is 0 Å². The molecule has 1 fully saturated rings. The monoisotopic (exact) mass is 396 g/mol. The van der Waals surface area contributed by atoms with Gasteiger partial charge in [-0.25, -0.2) is 4.39 Å². The molecule has 1 unspecified atom stereocenters. The minimum Gasteiger partial charge on any atom is -0.480 e. The van der Waals surface area contributed by atoms with Crippen molar-refractivity contribution in [1.82, 2.24) is 19.8 Å². The zero-order valence-electron chi connectivity index (χ0n) is 16.9. The number of aromatic nitrogens is 2. The molecular weight excluding hydrogens is 371 g/mol. The largest absolute Gasteiger partial charge is 0.480 e. The number of nitrogens with zero attached hydrogens (tertiary/aromatic N) is 3. The van der Waals surface area contributed by atoms with Crippen LogP contribution in [0.3, 0.4) is 0 Å². The van der Waals surface area contributed by atoms with Crippen LogP contribution in [0.5, 0.6) is 5.88 Å². The smallest absolute Gasteiger partial charge is 0.259 e. The Morgan fingerprint density at radius 2 is 1.97 bits per heavy atom. The van der Waals surface area contributed by atoms with Crippen molar-refractivity contribution in [2.45, 2.75) is 32.5 Å². The first-order valence-electron chi connectivity index (χ1n) is 9.78. The van der Waals surface area contributed by atoms with Crippen LogP contribution < -0.4 is 4.74 Å². The number of fused-ring (bicyclic) bond motifs is 1. The van der Waals surface area contributed by atoms with Gasteiger partial charge in [-0.3, -0.25) is 9.69 Å². The van der Waals surface area contributed by atoms with E-state index in [4.69, 9.17) is 4.74 Å². The minimum absolute atomic E-state index is 0.0331. The van der Waals surface area contributed by atoms with Gasteiger partial charge in [-0.1, -0.05) is 12.1 Å². The number of carbonyl (C=O) groups is 1. The van der Waals surface area contributed by atoms with Crippen LogP contribution in [0.4, 0.5) is 4.39 Å². The van der Waals surface area contributed by atoms with E-state index < -0.39 is 0 Å². The molecule has 29 heavy (non-hydrogen) atoms. The third-order valence-electron chi connectivity index (χ3n) is 5.60. The summed E-state index contributed by atoms with van der Waals surface area (Å²) >= 11 is 0. The van der Waals surface area contributed by atoms with Crippen molar-refractivity contribution in [3.63, 3.8) is 0 Å². The summed E-state index contributed by atoms with van der Waals surface area (Å²) in [5, 5.41) is 0.879. The highest BCUT2D eigenvalue weighted by molar-refractivity contribution is 5.99. The van der Waals surface area contributed by atoms with E-state index in [1.54, 1.807) is 6.20 Å². The molecule has 0 radical (unpaired) electrons. The maximum atomic E-state index is 13.3. The van der Waals surface area contributed by atoms with Gasteiger partial charge in [0.2, 0.25) is 5.88 Å². The van der Waals surface area contributed by atoms with Crippen LogP contribution in [0.25, 0.3) is 11.0 Å². The number of aromatic amines is 1. The fraction of sp³-hybridized carbons (Fsp3) is 0.364.